The molecule has 0 heterocycles. The number of nitro groups is 1. The number of hydrogen-bond acceptors (Lipinski definition) is 3. The van der Waals surface area contributed by atoms with Crippen LogP contribution in [0, 0.1) is 10.1 Å². The minimum Gasteiger partial charge on any atom is -0.370 e. The molecule has 1 aliphatic carbocycles. The third-order valence-electron chi connectivity index (χ3n) is 3.82. The van der Waals surface area contributed by atoms with E-state index in [1.54, 1.807) is 18.2 Å². The fourth-order valence-electron chi connectivity index (χ4n) is 2.67. The standard InChI is InChI=1S/C15H22N4O2.HI/c16-15(18-13-8-3-1-2-4-9-13)17-11-12-7-5-6-10-14(12)19(20)21;/h5-7,10,13H,1-4,8-9,11H2,(H3,16,17,18);1H. The van der Waals surface area contributed by atoms with Crippen LogP contribution >= 0.6 is 24.0 Å². The molecule has 0 aromatic heterocycles. The highest BCUT2D eigenvalue weighted by Crippen LogP contribution is 2.19. The van der Waals surface area contributed by atoms with Gasteiger partial charge in [0.25, 0.3) is 5.69 Å². The first kappa shape index (κ1) is 18.7. The molecule has 2 rings (SSSR count). The van der Waals surface area contributed by atoms with Crippen LogP contribution in [0.25, 0.3) is 0 Å². The summed E-state index contributed by atoms with van der Waals surface area (Å²) >= 11 is 0. The molecular weight excluding hydrogens is 395 g/mol. The zero-order chi connectivity index (χ0) is 15.1. The molecule has 0 amide bonds. The maximum absolute atomic E-state index is 10.9. The van der Waals surface area contributed by atoms with Gasteiger partial charge in [0, 0.05) is 12.1 Å². The van der Waals surface area contributed by atoms with Crippen molar-refractivity contribution in [2.24, 2.45) is 10.7 Å². The van der Waals surface area contributed by atoms with Crippen LogP contribution in [0.1, 0.15) is 44.1 Å². The summed E-state index contributed by atoms with van der Waals surface area (Å²) in [7, 11) is 0. The predicted octanol–water partition coefficient (Wildman–Crippen LogP) is 3.34. The molecule has 0 aliphatic heterocycles. The van der Waals surface area contributed by atoms with E-state index in [0.717, 1.165) is 12.8 Å². The Morgan fingerprint density at radius 3 is 2.55 bits per heavy atom. The van der Waals surface area contributed by atoms with Gasteiger partial charge in [-0.15, -0.1) is 24.0 Å². The second-order valence-electron chi connectivity index (χ2n) is 5.42. The Morgan fingerprint density at radius 2 is 1.91 bits per heavy atom. The Kier molecular flexibility index (Phi) is 8.15. The van der Waals surface area contributed by atoms with Crippen LogP contribution in [0.3, 0.4) is 0 Å². The summed E-state index contributed by atoms with van der Waals surface area (Å²) in [6.45, 7) is 0.225. The SMILES string of the molecule is I.NC(=NCc1ccccc1[N+](=O)[O-])NC1CCCCCC1. The molecule has 0 saturated heterocycles. The zero-order valence-electron chi connectivity index (χ0n) is 12.5. The number of nitrogens with one attached hydrogen (secondary N) is 1. The first-order chi connectivity index (χ1) is 10.2. The average molecular weight is 418 g/mol. The van der Waals surface area contributed by atoms with E-state index in [9.17, 15) is 10.1 Å². The molecule has 1 aromatic carbocycles. The number of hydrogen-bond donors (Lipinski definition) is 2. The van der Waals surface area contributed by atoms with Gasteiger partial charge in [-0.25, -0.2) is 4.99 Å². The maximum Gasteiger partial charge on any atom is 0.274 e. The molecule has 0 radical (unpaired) electrons. The Labute approximate surface area is 147 Å². The molecular formula is C15H23IN4O2. The molecule has 1 saturated carbocycles. The van der Waals surface area contributed by atoms with Crippen LogP contribution < -0.4 is 11.1 Å². The van der Waals surface area contributed by atoms with E-state index in [4.69, 9.17) is 5.73 Å². The number of nitrogens with zero attached hydrogens (tertiary/aromatic N) is 2. The van der Waals surface area contributed by atoms with Crippen molar-refractivity contribution in [3.8, 4) is 0 Å². The number of aliphatic imine (C=N–C) groups is 1. The van der Waals surface area contributed by atoms with Crippen molar-refractivity contribution in [1.82, 2.24) is 5.32 Å². The summed E-state index contributed by atoms with van der Waals surface area (Å²) in [6.07, 6.45) is 7.23. The number of benzene rings is 1. The van der Waals surface area contributed by atoms with E-state index in [0.29, 0.717) is 17.6 Å². The van der Waals surface area contributed by atoms with Gasteiger partial charge in [0.2, 0.25) is 0 Å². The smallest absolute Gasteiger partial charge is 0.274 e. The van der Waals surface area contributed by atoms with Crippen molar-refractivity contribution in [3.63, 3.8) is 0 Å². The molecule has 22 heavy (non-hydrogen) atoms. The van der Waals surface area contributed by atoms with Crippen LogP contribution in [0.2, 0.25) is 0 Å². The second kappa shape index (κ2) is 9.60. The summed E-state index contributed by atoms with van der Waals surface area (Å²) in [5.74, 6) is 0.375. The van der Waals surface area contributed by atoms with E-state index >= 15 is 0 Å². The lowest BCUT2D eigenvalue weighted by molar-refractivity contribution is -0.385. The van der Waals surface area contributed by atoms with E-state index in [1.165, 1.54) is 31.7 Å². The monoisotopic (exact) mass is 418 g/mol. The van der Waals surface area contributed by atoms with Crippen LogP contribution in [-0.2, 0) is 6.54 Å². The van der Waals surface area contributed by atoms with E-state index in [1.807, 2.05) is 0 Å². The minimum absolute atomic E-state index is 0. The molecule has 0 bridgehead atoms. The van der Waals surface area contributed by atoms with Gasteiger partial charge in [-0.2, -0.15) is 0 Å². The molecule has 1 aromatic rings. The Morgan fingerprint density at radius 1 is 1.27 bits per heavy atom. The Bertz CT molecular complexity index is 514. The number of nitro benzene ring substituents is 1. The van der Waals surface area contributed by atoms with E-state index < -0.39 is 0 Å². The zero-order valence-corrected chi connectivity index (χ0v) is 14.9. The van der Waals surface area contributed by atoms with Gasteiger partial charge in [0.05, 0.1) is 17.0 Å². The third kappa shape index (κ3) is 5.78. The van der Waals surface area contributed by atoms with Gasteiger partial charge in [-0.1, -0.05) is 43.9 Å². The second-order valence-corrected chi connectivity index (χ2v) is 5.42. The van der Waals surface area contributed by atoms with Crippen molar-refractivity contribution in [3.05, 3.63) is 39.9 Å². The predicted molar refractivity (Wildman–Crippen MR) is 98.5 cm³/mol. The van der Waals surface area contributed by atoms with E-state index in [2.05, 4.69) is 10.3 Å². The van der Waals surface area contributed by atoms with Gasteiger partial charge >= 0.3 is 0 Å². The molecule has 1 fully saturated rings. The third-order valence-corrected chi connectivity index (χ3v) is 3.82. The minimum atomic E-state index is -0.389. The normalized spacial score (nSPS) is 16.5. The van der Waals surface area contributed by atoms with Gasteiger partial charge in [-0.3, -0.25) is 10.1 Å². The van der Waals surface area contributed by atoms with Crippen molar-refractivity contribution in [1.29, 1.82) is 0 Å². The Balaban J connectivity index is 0.00000242. The Hall–Kier alpha value is -1.38. The lowest BCUT2D eigenvalue weighted by Gasteiger charge is -2.16. The summed E-state index contributed by atoms with van der Waals surface area (Å²) < 4.78 is 0. The lowest BCUT2D eigenvalue weighted by atomic mass is 10.1. The highest BCUT2D eigenvalue weighted by molar-refractivity contribution is 14.0. The van der Waals surface area contributed by atoms with Crippen molar-refractivity contribution >= 4 is 35.6 Å². The number of rotatable bonds is 4. The molecule has 1 aliphatic rings. The summed E-state index contributed by atoms with van der Waals surface area (Å²) in [4.78, 5) is 14.8. The van der Waals surface area contributed by atoms with Crippen LogP contribution in [0.15, 0.2) is 29.3 Å². The summed E-state index contributed by atoms with van der Waals surface area (Å²) in [6, 6.07) is 6.99. The number of guanidine groups is 1. The van der Waals surface area contributed by atoms with Crippen molar-refractivity contribution in [2.75, 3.05) is 0 Å². The van der Waals surface area contributed by atoms with Crippen LogP contribution in [0.5, 0.6) is 0 Å². The van der Waals surface area contributed by atoms with Crippen molar-refractivity contribution < 1.29 is 4.92 Å². The highest BCUT2D eigenvalue weighted by atomic mass is 127. The van der Waals surface area contributed by atoms with Crippen LogP contribution in [0.4, 0.5) is 5.69 Å². The van der Waals surface area contributed by atoms with Crippen molar-refractivity contribution in [2.45, 2.75) is 51.1 Å². The number of para-hydroxylation sites is 1. The van der Waals surface area contributed by atoms with Gasteiger partial charge < -0.3 is 11.1 Å². The topological polar surface area (TPSA) is 93.5 Å². The molecule has 122 valence electrons. The largest absolute Gasteiger partial charge is 0.370 e. The van der Waals surface area contributed by atoms with Crippen LogP contribution in [-0.4, -0.2) is 16.9 Å². The lowest BCUT2D eigenvalue weighted by Crippen LogP contribution is -2.39. The molecule has 0 atom stereocenters. The average Bonchev–Trinajstić information content (AvgIpc) is 2.74. The fourth-order valence-corrected chi connectivity index (χ4v) is 2.67. The van der Waals surface area contributed by atoms with Gasteiger partial charge in [-0.05, 0) is 12.8 Å². The number of nitrogens with two attached hydrogens (primary N) is 1. The molecule has 6 nitrogen and oxygen atoms in total. The first-order valence-corrected chi connectivity index (χ1v) is 7.45. The molecule has 3 N–H and O–H groups in total. The number of halogens is 1. The highest BCUT2D eigenvalue weighted by Gasteiger charge is 2.14. The van der Waals surface area contributed by atoms with E-state index in [-0.39, 0.29) is 41.1 Å². The van der Waals surface area contributed by atoms with Gasteiger partial charge in [0.15, 0.2) is 5.96 Å². The summed E-state index contributed by atoms with van der Waals surface area (Å²) in [5.41, 5.74) is 6.56. The quantitative estimate of drug-likeness (QED) is 0.196. The first-order valence-electron chi connectivity index (χ1n) is 7.45. The molecule has 7 heteroatoms. The maximum atomic E-state index is 10.9. The van der Waals surface area contributed by atoms with Gasteiger partial charge in [0.1, 0.15) is 0 Å². The summed E-state index contributed by atoms with van der Waals surface area (Å²) in [5, 5.41) is 14.2. The molecule has 0 unspecified atom stereocenters. The molecule has 0 spiro atoms. The fraction of sp³-hybridized carbons (Fsp3) is 0.533.